The van der Waals surface area contributed by atoms with E-state index in [9.17, 15) is 10.1 Å². The van der Waals surface area contributed by atoms with Crippen LogP contribution < -0.4 is 4.90 Å². The van der Waals surface area contributed by atoms with Crippen LogP contribution in [0, 0.1) is 80.7 Å². The van der Waals surface area contributed by atoms with Crippen molar-refractivity contribution in [3.05, 3.63) is 169 Å². The maximum absolute atomic E-state index is 11.4. The quantitative estimate of drug-likeness (QED) is 0.201. The van der Waals surface area contributed by atoms with Crippen LogP contribution in [-0.2, 0) is 17.1 Å². The molecule has 2 aromatic carbocycles. The van der Waals surface area contributed by atoms with Gasteiger partial charge in [-0.15, -0.1) is 0 Å². The molecule has 0 saturated heterocycles. The second kappa shape index (κ2) is 13.7. The van der Waals surface area contributed by atoms with Crippen LogP contribution in [0.2, 0.25) is 0 Å². The number of aromatic nitrogens is 1. The zero-order valence-electron chi connectivity index (χ0n) is 21.3. The molecule has 2 saturated carbocycles. The van der Waals surface area contributed by atoms with Gasteiger partial charge in [-0.2, -0.15) is 0 Å². The summed E-state index contributed by atoms with van der Waals surface area (Å²) in [6.45, 7) is 2.06. The molecule has 2 heterocycles. The van der Waals surface area contributed by atoms with Crippen LogP contribution >= 0.6 is 0 Å². The van der Waals surface area contributed by atoms with Gasteiger partial charge in [0.05, 0.1) is 11.0 Å². The van der Waals surface area contributed by atoms with Crippen molar-refractivity contribution in [2.24, 2.45) is 10.9 Å². The number of aliphatic imine (C=N–C) groups is 1. The van der Waals surface area contributed by atoms with Gasteiger partial charge in [0.15, 0.2) is 0 Å². The first-order valence-electron chi connectivity index (χ1n) is 12.4. The molecule has 3 aliphatic rings. The Kier molecular flexibility index (Phi) is 10.1. The predicted molar refractivity (Wildman–Crippen MR) is 151 cm³/mol. The molecule has 1 unspecified atom stereocenters. The second-order valence-corrected chi connectivity index (χ2v) is 8.94. The topological polar surface area (TPSA) is 71.6 Å². The number of pyridine rings is 1. The van der Waals surface area contributed by atoms with Gasteiger partial charge in [0.1, 0.15) is 11.7 Å². The van der Waals surface area contributed by atoms with Gasteiger partial charge in [-0.05, 0) is 94.0 Å². The van der Waals surface area contributed by atoms with Crippen molar-refractivity contribution >= 4 is 17.3 Å². The average Bonchev–Trinajstić information content (AvgIpc) is 3.71. The van der Waals surface area contributed by atoms with Crippen LogP contribution in [0.4, 0.5) is 11.5 Å². The molecule has 9 radical (unpaired) electrons. The molecule has 0 bridgehead atoms. The second-order valence-electron chi connectivity index (χ2n) is 8.94. The van der Waals surface area contributed by atoms with Gasteiger partial charge in [-0.25, -0.2) is 4.98 Å². The Morgan fingerprint density at radius 3 is 2.18 bits per heavy atom. The number of non-ortho nitro benzene ring substituents is 1. The maximum Gasteiger partial charge on any atom is 2.00 e. The monoisotopic (exact) mass is 555 g/mol. The van der Waals surface area contributed by atoms with Crippen LogP contribution in [0.15, 0.2) is 89.7 Å². The molecule has 2 fully saturated rings. The summed E-state index contributed by atoms with van der Waals surface area (Å²) < 4.78 is 0. The fraction of sp³-hybridized carbons (Fsp3) is 0.0938. The first kappa shape index (κ1) is 28.7. The SMILES string of the molecule is Cc1ccccc1C1=NC(c2cccc([N+](=O)[O-])c2)C=C(C2[CH][CH][CH][CH]2)N1c1ccccn1.[CH]1[CH][CH][CH][CH]1.[Fe+2]. The van der Waals surface area contributed by atoms with Gasteiger partial charge in [-0.3, -0.25) is 20.0 Å². The molecule has 2 aliphatic carbocycles. The van der Waals surface area contributed by atoms with Gasteiger partial charge in [0.2, 0.25) is 0 Å². The van der Waals surface area contributed by atoms with E-state index in [0.29, 0.717) is 0 Å². The number of benzene rings is 2. The molecule has 6 rings (SSSR count). The van der Waals surface area contributed by atoms with Crippen LogP contribution in [0.1, 0.15) is 22.7 Å². The predicted octanol–water partition coefficient (Wildman–Crippen LogP) is 6.66. The molecular formula is C32H27FeN4O2+2. The average molecular weight is 555 g/mol. The van der Waals surface area contributed by atoms with Crippen LogP contribution in [-0.4, -0.2) is 15.7 Å². The van der Waals surface area contributed by atoms with E-state index in [0.717, 1.165) is 34.0 Å². The summed E-state index contributed by atoms with van der Waals surface area (Å²) in [6, 6.07) is 20.3. The smallest absolute Gasteiger partial charge is 0.283 e. The number of nitrogens with zero attached hydrogens (tertiary/aromatic N) is 4. The van der Waals surface area contributed by atoms with Gasteiger partial charge in [0, 0.05) is 35.5 Å². The number of anilines is 1. The summed E-state index contributed by atoms with van der Waals surface area (Å²) in [4.78, 5) is 22.9. The van der Waals surface area contributed by atoms with Crippen molar-refractivity contribution in [3.8, 4) is 0 Å². The summed E-state index contributed by atoms with van der Waals surface area (Å²) in [5, 5.41) is 11.4. The Balaban J connectivity index is 0.000000530. The van der Waals surface area contributed by atoms with Crippen molar-refractivity contribution in [1.82, 2.24) is 4.98 Å². The van der Waals surface area contributed by atoms with Gasteiger partial charge in [0.25, 0.3) is 5.69 Å². The van der Waals surface area contributed by atoms with E-state index in [1.807, 2.05) is 81.3 Å². The summed E-state index contributed by atoms with van der Waals surface area (Å²) in [7, 11) is 0. The third-order valence-corrected chi connectivity index (χ3v) is 6.39. The van der Waals surface area contributed by atoms with Gasteiger partial charge >= 0.3 is 17.1 Å². The molecule has 1 atom stereocenters. The van der Waals surface area contributed by atoms with Crippen molar-refractivity contribution in [1.29, 1.82) is 0 Å². The van der Waals surface area contributed by atoms with Crippen LogP contribution in [0.5, 0.6) is 0 Å². The zero-order valence-corrected chi connectivity index (χ0v) is 22.4. The Labute approximate surface area is 241 Å². The molecule has 0 amide bonds. The Bertz CT molecular complexity index is 1310. The fourth-order valence-electron chi connectivity index (χ4n) is 4.53. The molecule has 7 heteroatoms. The number of amidine groups is 1. The number of nitro benzene ring substituents is 1. The maximum atomic E-state index is 11.4. The van der Waals surface area contributed by atoms with Crippen molar-refractivity contribution < 1.29 is 22.0 Å². The Morgan fingerprint density at radius 1 is 0.846 bits per heavy atom. The molecule has 6 nitrogen and oxygen atoms in total. The van der Waals surface area contributed by atoms with E-state index >= 15 is 0 Å². The number of hydrogen-bond acceptors (Lipinski definition) is 5. The third kappa shape index (κ3) is 6.84. The fourth-order valence-corrected chi connectivity index (χ4v) is 4.53. The number of aryl methyl sites for hydroxylation is 1. The molecule has 1 aromatic heterocycles. The minimum atomic E-state index is -0.369. The van der Waals surface area contributed by atoms with Gasteiger partial charge in [-0.1, -0.05) is 42.5 Å². The summed E-state index contributed by atoms with van der Waals surface area (Å²) in [5.74, 6) is 1.59. The summed E-state index contributed by atoms with van der Waals surface area (Å²) in [6.07, 6.45) is 22.2. The molecule has 0 N–H and O–H groups in total. The van der Waals surface area contributed by atoms with Crippen molar-refractivity contribution in [2.75, 3.05) is 4.90 Å². The van der Waals surface area contributed by atoms with Crippen molar-refractivity contribution in [2.45, 2.75) is 13.0 Å². The number of nitro groups is 1. The van der Waals surface area contributed by atoms with E-state index in [1.165, 1.54) is 6.07 Å². The minimum absolute atomic E-state index is 0. The first-order chi connectivity index (χ1) is 18.6. The molecule has 0 spiro atoms. The molecule has 39 heavy (non-hydrogen) atoms. The van der Waals surface area contributed by atoms with E-state index in [-0.39, 0.29) is 39.6 Å². The number of allylic oxidation sites excluding steroid dienone is 1. The summed E-state index contributed by atoms with van der Waals surface area (Å²) in [5.41, 5.74) is 3.94. The van der Waals surface area contributed by atoms with E-state index in [1.54, 1.807) is 18.3 Å². The Hall–Kier alpha value is -3.28. The van der Waals surface area contributed by atoms with E-state index in [2.05, 4.69) is 47.9 Å². The molecule has 3 aromatic rings. The number of rotatable bonds is 5. The standard InChI is InChI=1S/C27H22N4O2.C5H5.Fe/c1-19-9-2-5-14-23(19)27-29-24(21-12-8-13-22(17-21)31(32)33)18-25(20-10-3-4-11-20)30(27)26-15-6-7-16-28-26;1-2-4-5-3-1;/h2-18,20,24H,1H3;1-5H;/q;;+2. The molecular weight excluding hydrogens is 528 g/mol. The largest absolute Gasteiger partial charge is 2.00 e. The first-order valence-corrected chi connectivity index (χ1v) is 12.4. The van der Waals surface area contributed by atoms with E-state index in [4.69, 9.17) is 4.99 Å². The zero-order chi connectivity index (χ0) is 26.3. The van der Waals surface area contributed by atoms with Crippen LogP contribution in [0.3, 0.4) is 0 Å². The number of hydrogen-bond donors (Lipinski definition) is 0. The van der Waals surface area contributed by atoms with Crippen molar-refractivity contribution in [3.63, 3.8) is 0 Å². The third-order valence-electron chi connectivity index (χ3n) is 6.39. The van der Waals surface area contributed by atoms with Crippen LogP contribution in [0.25, 0.3) is 0 Å². The van der Waals surface area contributed by atoms with Gasteiger partial charge < -0.3 is 0 Å². The minimum Gasteiger partial charge on any atom is -0.283 e. The molecule has 1 aliphatic heterocycles. The molecule has 193 valence electrons. The Morgan fingerprint density at radius 2 is 1.54 bits per heavy atom. The summed E-state index contributed by atoms with van der Waals surface area (Å²) >= 11 is 0. The normalized spacial score (nSPS) is 18.9. The van der Waals surface area contributed by atoms with E-state index < -0.39 is 0 Å².